The third kappa shape index (κ3) is 3.81. The number of rotatable bonds is 5. The Morgan fingerprint density at radius 1 is 1.17 bits per heavy atom. The summed E-state index contributed by atoms with van der Waals surface area (Å²) in [5.74, 6) is 1.15. The highest BCUT2D eigenvalue weighted by atomic mass is 79.9. The van der Waals surface area contributed by atoms with Crippen molar-refractivity contribution < 1.29 is 5.11 Å². The van der Waals surface area contributed by atoms with E-state index in [2.05, 4.69) is 39.4 Å². The van der Waals surface area contributed by atoms with E-state index in [9.17, 15) is 5.11 Å². The molecule has 18 heavy (non-hydrogen) atoms. The predicted octanol–water partition coefficient (Wildman–Crippen LogP) is 3.34. The molecule has 3 heteroatoms. The van der Waals surface area contributed by atoms with Gasteiger partial charge in [-0.1, -0.05) is 47.0 Å². The molecule has 1 aliphatic carbocycles. The van der Waals surface area contributed by atoms with Crippen molar-refractivity contribution in [1.29, 1.82) is 0 Å². The first-order chi connectivity index (χ1) is 8.81. The van der Waals surface area contributed by atoms with Crippen LogP contribution in [0.5, 0.6) is 0 Å². The largest absolute Gasteiger partial charge is 0.396 e. The summed E-state index contributed by atoms with van der Waals surface area (Å²) in [6, 6.07) is 8.32. The number of aliphatic hydroxyl groups is 1. The van der Waals surface area contributed by atoms with Crippen LogP contribution in [-0.4, -0.2) is 18.3 Å². The van der Waals surface area contributed by atoms with Crippen molar-refractivity contribution in [1.82, 2.24) is 5.32 Å². The lowest BCUT2D eigenvalue weighted by Gasteiger charge is -2.30. The van der Waals surface area contributed by atoms with Gasteiger partial charge in [-0.2, -0.15) is 0 Å². The van der Waals surface area contributed by atoms with Crippen molar-refractivity contribution >= 4 is 15.9 Å². The Labute approximate surface area is 118 Å². The van der Waals surface area contributed by atoms with Gasteiger partial charge in [0.1, 0.15) is 0 Å². The molecule has 0 saturated heterocycles. The molecule has 1 aromatic carbocycles. The molecule has 0 heterocycles. The van der Waals surface area contributed by atoms with Crippen LogP contribution in [0.15, 0.2) is 28.7 Å². The molecule has 1 aromatic rings. The van der Waals surface area contributed by atoms with E-state index in [0.717, 1.165) is 13.1 Å². The molecule has 1 fully saturated rings. The molecule has 2 atom stereocenters. The molecule has 0 aliphatic heterocycles. The lowest BCUT2D eigenvalue weighted by molar-refractivity contribution is 0.133. The average molecular weight is 312 g/mol. The molecule has 1 aliphatic rings. The van der Waals surface area contributed by atoms with Gasteiger partial charge in [-0.25, -0.2) is 0 Å². The molecule has 0 bridgehead atoms. The molecule has 2 rings (SSSR count). The molecule has 100 valence electrons. The van der Waals surface area contributed by atoms with E-state index in [4.69, 9.17) is 0 Å². The fourth-order valence-corrected chi connectivity index (χ4v) is 3.25. The van der Waals surface area contributed by atoms with E-state index in [0.29, 0.717) is 18.4 Å². The van der Waals surface area contributed by atoms with Crippen molar-refractivity contribution in [3.8, 4) is 0 Å². The maximum absolute atomic E-state index is 9.39. The standard InChI is InChI=1S/C15H22BrNO/c16-15-8-4-3-6-13(15)10-17-9-12-5-1-2-7-14(12)11-18/h3-4,6,8,12,14,17-18H,1-2,5,7,9-11H2. The topological polar surface area (TPSA) is 32.3 Å². The highest BCUT2D eigenvalue weighted by molar-refractivity contribution is 9.10. The summed E-state index contributed by atoms with van der Waals surface area (Å²) in [6.07, 6.45) is 5.05. The van der Waals surface area contributed by atoms with Crippen LogP contribution < -0.4 is 5.32 Å². The van der Waals surface area contributed by atoms with Gasteiger partial charge in [-0.05, 0) is 42.9 Å². The highest BCUT2D eigenvalue weighted by Gasteiger charge is 2.23. The molecule has 2 N–H and O–H groups in total. The first-order valence-corrected chi connectivity index (χ1v) is 7.65. The van der Waals surface area contributed by atoms with E-state index in [1.165, 1.54) is 35.7 Å². The van der Waals surface area contributed by atoms with Gasteiger partial charge in [-0.15, -0.1) is 0 Å². The first kappa shape index (κ1) is 14.0. The third-order valence-corrected chi connectivity index (χ3v) is 4.75. The van der Waals surface area contributed by atoms with Gasteiger partial charge in [0, 0.05) is 17.6 Å². The van der Waals surface area contributed by atoms with Crippen LogP contribution in [0.3, 0.4) is 0 Å². The molecule has 1 saturated carbocycles. The van der Waals surface area contributed by atoms with Gasteiger partial charge in [0.05, 0.1) is 0 Å². The van der Waals surface area contributed by atoms with Gasteiger partial charge in [-0.3, -0.25) is 0 Å². The second-order valence-electron chi connectivity index (χ2n) is 5.21. The normalized spacial score (nSPS) is 24.1. The fraction of sp³-hybridized carbons (Fsp3) is 0.600. The first-order valence-electron chi connectivity index (χ1n) is 6.86. The molecule has 2 unspecified atom stereocenters. The maximum atomic E-state index is 9.39. The van der Waals surface area contributed by atoms with Crippen LogP contribution in [0.25, 0.3) is 0 Å². The zero-order valence-corrected chi connectivity index (χ0v) is 12.3. The Morgan fingerprint density at radius 2 is 1.89 bits per heavy atom. The predicted molar refractivity (Wildman–Crippen MR) is 78.4 cm³/mol. The van der Waals surface area contributed by atoms with Crippen molar-refractivity contribution in [3.05, 3.63) is 34.3 Å². The lowest BCUT2D eigenvalue weighted by atomic mass is 9.79. The molecule has 0 aromatic heterocycles. The number of halogens is 1. The zero-order chi connectivity index (χ0) is 12.8. The minimum atomic E-state index is 0.349. The number of hydrogen-bond acceptors (Lipinski definition) is 2. The van der Waals surface area contributed by atoms with E-state index in [1.807, 2.05) is 6.07 Å². The third-order valence-electron chi connectivity index (χ3n) is 3.98. The van der Waals surface area contributed by atoms with Crippen LogP contribution in [0.1, 0.15) is 31.2 Å². The SMILES string of the molecule is OCC1CCCCC1CNCc1ccccc1Br. The number of nitrogens with one attached hydrogen (secondary N) is 1. The number of hydrogen-bond donors (Lipinski definition) is 2. The second kappa shape index (κ2) is 7.27. The van der Waals surface area contributed by atoms with Crippen LogP contribution in [0, 0.1) is 11.8 Å². The minimum absolute atomic E-state index is 0.349. The average Bonchev–Trinajstić information content (AvgIpc) is 2.41. The Kier molecular flexibility index (Phi) is 5.67. The maximum Gasteiger partial charge on any atom is 0.0462 e. The monoisotopic (exact) mass is 311 g/mol. The summed E-state index contributed by atoms with van der Waals surface area (Å²) in [7, 11) is 0. The molecule has 0 spiro atoms. The van der Waals surface area contributed by atoms with Crippen LogP contribution >= 0.6 is 15.9 Å². The quantitative estimate of drug-likeness (QED) is 0.874. The Balaban J connectivity index is 1.79. The number of aliphatic hydroxyl groups excluding tert-OH is 1. The van der Waals surface area contributed by atoms with Crippen LogP contribution in [0.4, 0.5) is 0 Å². The van der Waals surface area contributed by atoms with Gasteiger partial charge in [0.25, 0.3) is 0 Å². The summed E-state index contributed by atoms with van der Waals surface area (Å²) >= 11 is 3.57. The van der Waals surface area contributed by atoms with Crippen molar-refractivity contribution in [2.75, 3.05) is 13.2 Å². The van der Waals surface area contributed by atoms with Crippen molar-refractivity contribution in [2.24, 2.45) is 11.8 Å². The smallest absolute Gasteiger partial charge is 0.0462 e. The molecular formula is C15H22BrNO. The summed E-state index contributed by atoms with van der Waals surface area (Å²) in [5, 5.41) is 12.9. The van der Waals surface area contributed by atoms with Crippen LogP contribution in [0.2, 0.25) is 0 Å². The van der Waals surface area contributed by atoms with Gasteiger partial charge in [0.2, 0.25) is 0 Å². The van der Waals surface area contributed by atoms with E-state index in [-0.39, 0.29) is 0 Å². The van der Waals surface area contributed by atoms with Crippen LogP contribution in [-0.2, 0) is 6.54 Å². The van der Waals surface area contributed by atoms with E-state index >= 15 is 0 Å². The minimum Gasteiger partial charge on any atom is -0.396 e. The summed E-state index contributed by atoms with van der Waals surface area (Å²) < 4.78 is 1.17. The Morgan fingerprint density at radius 3 is 2.61 bits per heavy atom. The van der Waals surface area contributed by atoms with Gasteiger partial charge in [0.15, 0.2) is 0 Å². The zero-order valence-electron chi connectivity index (χ0n) is 10.7. The summed E-state index contributed by atoms with van der Waals surface area (Å²) in [5.41, 5.74) is 1.30. The molecular weight excluding hydrogens is 290 g/mol. The summed E-state index contributed by atoms with van der Waals surface area (Å²) in [6.45, 7) is 2.27. The molecule has 0 radical (unpaired) electrons. The lowest BCUT2D eigenvalue weighted by Crippen LogP contribution is -2.32. The van der Waals surface area contributed by atoms with Gasteiger partial charge < -0.3 is 10.4 Å². The Hall–Kier alpha value is -0.380. The highest BCUT2D eigenvalue weighted by Crippen LogP contribution is 2.29. The fourth-order valence-electron chi connectivity index (χ4n) is 2.83. The van der Waals surface area contributed by atoms with Gasteiger partial charge >= 0.3 is 0 Å². The number of benzene rings is 1. The van der Waals surface area contributed by atoms with E-state index < -0.39 is 0 Å². The Bertz CT molecular complexity index is 369. The van der Waals surface area contributed by atoms with Crippen molar-refractivity contribution in [3.63, 3.8) is 0 Å². The second-order valence-corrected chi connectivity index (χ2v) is 6.06. The summed E-state index contributed by atoms with van der Waals surface area (Å²) in [4.78, 5) is 0. The molecule has 0 amide bonds. The molecule has 2 nitrogen and oxygen atoms in total. The van der Waals surface area contributed by atoms with E-state index in [1.54, 1.807) is 0 Å². The van der Waals surface area contributed by atoms with Crippen molar-refractivity contribution in [2.45, 2.75) is 32.2 Å².